The average Bonchev–Trinajstić information content (AvgIpc) is 3.38. The van der Waals surface area contributed by atoms with Crippen molar-refractivity contribution in [2.24, 2.45) is 0 Å². The van der Waals surface area contributed by atoms with Crippen LogP contribution in [0.25, 0.3) is 5.69 Å². The van der Waals surface area contributed by atoms with Gasteiger partial charge < -0.3 is 10.2 Å². The molecule has 5 nitrogen and oxygen atoms in total. The van der Waals surface area contributed by atoms with Gasteiger partial charge >= 0.3 is 0 Å². The molecule has 0 spiro atoms. The molecule has 0 bridgehead atoms. The van der Waals surface area contributed by atoms with Crippen LogP contribution in [0.1, 0.15) is 53.8 Å². The van der Waals surface area contributed by atoms with Gasteiger partial charge in [-0.25, -0.2) is 9.07 Å². The Kier molecular flexibility index (Phi) is 5.45. The summed E-state index contributed by atoms with van der Waals surface area (Å²) in [7, 11) is 0. The van der Waals surface area contributed by atoms with Gasteiger partial charge in [-0.05, 0) is 62.8 Å². The van der Waals surface area contributed by atoms with Gasteiger partial charge in [0.2, 0.25) is 0 Å². The van der Waals surface area contributed by atoms with E-state index < -0.39 is 5.82 Å². The zero-order valence-corrected chi connectivity index (χ0v) is 17.6. The van der Waals surface area contributed by atoms with Crippen molar-refractivity contribution >= 4 is 17.3 Å². The molecule has 2 heterocycles. The zero-order valence-electron chi connectivity index (χ0n) is 17.6. The van der Waals surface area contributed by atoms with Gasteiger partial charge in [0.1, 0.15) is 11.5 Å². The second-order valence-electron chi connectivity index (χ2n) is 8.36. The summed E-state index contributed by atoms with van der Waals surface area (Å²) in [4.78, 5) is 15.5. The average molecular weight is 419 g/mol. The van der Waals surface area contributed by atoms with Crippen molar-refractivity contribution in [3.63, 3.8) is 0 Å². The van der Waals surface area contributed by atoms with Gasteiger partial charge in [0, 0.05) is 24.3 Å². The van der Waals surface area contributed by atoms with Crippen molar-refractivity contribution in [2.75, 3.05) is 23.3 Å². The lowest BCUT2D eigenvalue weighted by atomic mass is 10.1. The maximum atomic E-state index is 14.8. The Morgan fingerprint density at radius 3 is 2.48 bits per heavy atom. The number of para-hydroxylation sites is 2. The molecule has 1 aliphatic carbocycles. The van der Waals surface area contributed by atoms with E-state index in [1.165, 1.54) is 6.07 Å². The topological polar surface area (TPSA) is 50.2 Å². The first kappa shape index (κ1) is 19.8. The normalized spacial score (nSPS) is 16.1. The molecule has 1 aliphatic heterocycles. The van der Waals surface area contributed by atoms with E-state index in [4.69, 9.17) is 5.10 Å². The van der Waals surface area contributed by atoms with Crippen molar-refractivity contribution in [1.29, 1.82) is 0 Å². The third-order valence-corrected chi connectivity index (χ3v) is 6.32. The maximum absolute atomic E-state index is 14.8. The van der Waals surface area contributed by atoms with Gasteiger partial charge in [-0.15, -0.1) is 0 Å². The van der Waals surface area contributed by atoms with Crippen molar-refractivity contribution in [2.45, 2.75) is 44.9 Å². The van der Waals surface area contributed by atoms with Crippen LogP contribution in [0.3, 0.4) is 0 Å². The number of aromatic nitrogens is 2. The molecule has 0 unspecified atom stereocenters. The Hall–Kier alpha value is -3.15. The highest BCUT2D eigenvalue weighted by Crippen LogP contribution is 2.33. The minimum absolute atomic E-state index is 0.256. The van der Waals surface area contributed by atoms with E-state index in [1.807, 2.05) is 41.1 Å². The van der Waals surface area contributed by atoms with Crippen molar-refractivity contribution < 1.29 is 9.18 Å². The fraction of sp³-hybridized carbons (Fsp3) is 0.360. The molecule has 0 radical (unpaired) electrons. The predicted octanol–water partition coefficient (Wildman–Crippen LogP) is 5.13. The number of halogens is 1. The van der Waals surface area contributed by atoms with Gasteiger partial charge in [-0.3, -0.25) is 4.79 Å². The van der Waals surface area contributed by atoms with Crippen molar-refractivity contribution in [3.8, 4) is 5.69 Å². The number of nitrogens with one attached hydrogen (secondary N) is 1. The lowest BCUT2D eigenvalue weighted by Gasteiger charge is -2.21. The number of benzene rings is 2. The summed E-state index contributed by atoms with van der Waals surface area (Å²) in [5, 5.41) is 7.60. The monoisotopic (exact) mass is 418 g/mol. The molecule has 1 N–H and O–H groups in total. The summed E-state index contributed by atoms with van der Waals surface area (Å²) < 4.78 is 16.7. The van der Waals surface area contributed by atoms with Gasteiger partial charge in [-0.2, -0.15) is 5.10 Å². The smallest absolute Gasteiger partial charge is 0.276 e. The van der Waals surface area contributed by atoms with Crippen LogP contribution in [0.5, 0.6) is 0 Å². The Bertz CT molecular complexity index is 1090. The SMILES string of the molecule is O=C(Nc1c(F)cccc1N1CCCC1)c1nn(-c2ccccc2)c2c1CCCCC2. The molecule has 0 saturated carbocycles. The second-order valence-corrected chi connectivity index (χ2v) is 8.36. The summed E-state index contributed by atoms with van der Waals surface area (Å²) >= 11 is 0. The standard InChI is InChI=1S/C25H27FN4O/c26-20-13-9-15-22(29-16-7-8-17-29)24(20)27-25(31)23-19-12-5-2-6-14-21(19)30(28-23)18-10-3-1-4-11-18/h1,3-4,9-11,13,15H,2,5-8,12,14,16-17H2,(H,27,31). The molecule has 0 atom stereocenters. The van der Waals surface area contributed by atoms with Crippen LogP contribution in [-0.4, -0.2) is 28.8 Å². The first-order valence-corrected chi connectivity index (χ1v) is 11.2. The molecule has 6 heteroatoms. The lowest BCUT2D eigenvalue weighted by Crippen LogP contribution is -2.22. The zero-order chi connectivity index (χ0) is 21.2. The van der Waals surface area contributed by atoms with Gasteiger partial charge in [0.25, 0.3) is 5.91 Å². The maximum Gasteiger partial charge on any atom is 0.276 e. The Morgan fingerprint density at radius 1 is 0.903 bits per heavy atom. The predicted molar refractivity (Wildman–Crippen MR) is 121 cm³/mol. The van der Waals surface area contributed by atoms with E-state index in [1.54, 1.807) is 6.07 Å². The van der Waals surface area contributed by atoms with E-state index in [9.17, 15) is 9.18 Å². The molecule has 1 fully saturated rings. The number of carbonyl (C=O) groups excluding carboxylic acids is 1. The Labute approximate surface area is 181 Å². The number of hydrogen-bond donors (Lipinski definition) is 1. The number of carbonyl (C=O) groups is 1. The number of amides is 1. The lowest BCUT2D eigenvalue weighted by molar-refractivity contribution is 0.102. The molecule has 160 valence electrons. The van der Waals surface area contributed by atoms with Crippen molar-refractivity contribution in [1.82, 2.24) is 9.78 Å². The first-order chi connectivity index (χ1) is 15.2. The number of hydrogen-bond acceptors (Lipinski definition) is 3. The highest BCUT2D eigenvalue weighted by atomic mass is 19.1. The summed E-state index contributed by atoms with van der Waals surface area (Å²) in [6, 6.07) is 14.9. The third-order valence-electron chi connectivity index (χ3n) is 6.32. The first-order valence-electron chi connectivity index (χ1n) is 11.2. The van der Waals surface area contributed by atoms with E-state index in [-0.39, 0.29) is 11.6 Å². The van der Waals surface area contributed by atoms with Gasteiger partial charge in [0.15, 0.2) is 5.69 Å². The summed E-state index contributed by atoms with van der Waals surface area (Å²) in [6.07, 6.45) is 7.13. The molecule has 2 aromatic carbocycles. The molecule has 1 aromatic heterocycles. The number of anilines is 2. The van der Waals surface area contributed by atoms with Crippen LogP contribution >= 0.6 is 0 Å². The molecule has 1 saturated heterocycles. The van der Waals surface area contributed by atoms with Crippen LogP contribution in [-0.2, 0) is 12.8 Å². The van der Waals surface area contributed by atoms with E-state index in [0.717, 1.165) is 80.7 Å². The molecular formula is C25H27FN4O. The quantitative estimate of drug-likeness (QED) is 0.598. The molecule has 1 amide bonds. The summed E-state index contributed by atoms with van der Waals surface area (Å²) in [5.74, 6) is -0.746. The Balaban J connectivity index is 1.53. The number of nitrogens with zero attached hydrogens (tertiary/aromatic N) is 3. The molecule has 31 heavy (non-hydrogen) atoms. The van der Waals surface area contributed by atoms with Crippen LogP contribution in [0.2, 0.25) is 0 Å². The fourth-order valence-electron chi connectivity index (χ4n) is 4.77. The molecule has 2 aliphatic rings. The third kappa shape index (κ3) is 3.82. The Morgan fingerprint density at radius 2 is 1.68 bits per heavy atom. The molecular weight excluding hydrogens is 391 g/mol. The molecule has 5 rings (SSSR count). The fourth-order valence-corrected chi connectivity index (χ4v) is 4.77. The largest absolute Gasteiger partial charge is 0.370 e. The van der Waals surface area contributed by atoms with E-state index in [0.29, 0.717) is 5.69 Å². The van der Waals surface area contributed by atoms with Gasteiger partial charge in [-0.1, -0.05) is 30.7 Å². The highest BCUT2D eigenvalue weighted by Gasteiger charge is 2.27. The highest BCUT2D eigenvalue weighted by molar-refractivity contribution is 6.06. The van der Waals surface area contributed by atoms with Crippen LogP contribution in [0.15, 0.2) is 48.5 Å². The second kappa shape index (κ2) is 8.53. The molecule has 3 aromatic rings. The van der Waals surface area contributed by atoms with E-state index >= 15 is 0 Å². The summed E-state index contributed by atoms with van der Waals surface area (Å²) in [6.45, 7) is 1.76. The van der Waals surface area contributed by atoms with Crippen LogP contribution < -0.4 is 10.2 Å². The van der Waals surface area contributed by atoms with Crippen LogP contribution in [0.4, 0.5) is 15.8 Å². The minimum atomic E-state index is -0.411. The van der Waals surface area contributed by atoms with Gasteiger partial charge in [0.05, 0.1) is 11.4 Å². The number of rotatable bonds is 4. The number of fused-ring (bicyclic) bond motifs is 1. The minimum Gasteiger partial charge on any atom is -0.370 e. The van der Waals surface area contributed by atoms with E-state index in [2.05, 4.69) is 10.2 Å². The summed E-state index contributed by atoms with van der Waals surface area (Å²) in [5.41, 5.74) is 4.46. The van der Waals surface area contributed by atoms with Crippen molar-refractivity contribution in [3.05, 3.63) is 71.3 Å². The van der Waals surface area contributed by atoms with Crippen LogP contribution in [0, 0.1) is 5.82 Å².